The van der Waals surface area contributed by atoms with E-state index in [4.69, 9.17) is 5.11 Å². The van der Waals surface area contributed by atoms with Gasteiger partial charge >= 0.3 is 6.18 Å². The van der Waals surface area contributed by atoms with Crippen molar-refractivity contribution in [2.45, 2.75) is 25.9 Å². The van der Waals surface area contributed by atoms with Gasteiger partial charge in [-0.25, -0.2) is 0 Å². The summed E-state index contributed by atoms with van der Waals surface area (Å²) in [6, 6.07) is 0. The van der Waals surface area contributed by atoms with Crippen molar-refractivity contribution in [1.82, 2.24) is 4.90 Å². The highest BCUT2D eigenvalue weighted by atomic mass is 19.4. The van der Waals surface area contributed by atoms with Crippen LogP contribution in [0, 0.1) is 0 Å². The molecule has 1 amide bonds. The molecule has 0 fully saturated rings. The molecule has 0 aromatic rings. The van der Waals surface area contributed by atoms with Crippen LogP contribution in [0.5, 0.6) is 0 Å². The largest absolute Gasteiger partial charge is 0.395 e. The summed E-state index contributed by atoms with van der Waals surface area (Å²) in [5.74, 6) is -0.570. The van der Waals surface area contributed by atoms with E-state index in [-0.39, 0.29) is 13.2 Å². The van der Waals surface area contributed by atoms with E-state index in [2.05, 4.69) is 0 Å². The number of alkyl halides is 3. The van der Waals surface area contributed by atoms with Gasteiger partial charge in [-0.1, -0.05) is 0 Å². The van der Waals surface area contributed by atoms with Crippen LogP contribution < -0.4 is 0 Å². The molecule has 0 saturated carbocycles. The van der Waals surface area contributed by atoms with Crippen molar-refractivity contribution in [1.29, 1.82) is 0 Å². The summed E-state index contributed by atoms with van der Waals surface area (Å²) in [4.78, 5) is 12.3. The second-order valence-electron chi connectivity index (χ2n) is 2.81. The highest BCUT2D eigenvalue weighted by Gasteiger charge is 2.28. The summed E-state index contributed by atoms with van der Waals surface area (Å²) in [6.07, 6.45) is -5.95. The van der Waals surface area contributed by atoms with Crippen LogP contribution in [-0.4, -0.2) is 41.8 Å². The first-order valence-corrected chi connectivity index (χ1v) is 4.36. The molecular weight excluding hydrogens is 199 g/mol. The molecule has 3 nitrogen and oxygen atoms in total. The van der Waals surface area contributed by atoms with Gasteiger partial charge < -0.3 is 10.0 Å². The lowest BCUT2D eigenvalue weighted by Gasteiger charge is -2.19. The monoisotopic (exact) mass is 213 g/mol. The minimum atomic E-state index is -4.30. The molecule has 0 aromatic carbocycles. The standard InChI is InChI=1S/C8H14F3NO2/c1-2-12(5-6-13)7(14)3-4-8(9,10)11/h13H,2-6H2,1H3. The third-order valence-corrected chi connectivity index (χ3v) is 1.73. The predicted molar refractivity (Wildman–Crippen MR) is 44.6 cm³/mol. The van der Waals surface area contributed by atoms with Gasteiger partial charge in [0.25, 0.3) is 0 Å². The Morgan fingerprint density at radius 1 is 1.43 bits per heavy atom. The maximum atomic E-state index is 11.7. The second-order valence-corrected chi connectivity index (χ2v) is 2.81. The Balaban J connectivity index is 3.93. The van der Waals surface area contributed by atoms with Gasteiger partial charge in [0.05, 0.1) is 13.0 Å². The summed E-state index contributed by atoms with van der Waals surface area (Å²) in [5, 5.41) is 8.53. The highest BCUT2D eigenvalue weighted by Crippen LogP contribution is 2.21. The van der Waals surface area contributed by atoms with Gasteiger partial charge in [0.1, 0.15) is 0 Å². The minimum absolute atomic E-state index is 0.0905. The Kier molecular flexibility index (Phi) is 5.52. The smallest absolute Gasteiger partial charge is 0.389 e. The molecule has 0 saturated heterocycles. The number of hydrogen-bond donors (Lipinski definition) is 1. The molecule has 6 heteroatoms. The molecule has 0 rings (SSSR count). The first kappa shape index (κ1) is 13.2. The topological polar surface area (TPSA) is 40.5 Å². The lowest BCUT2D eigenvalue weighted by atomic mass is 10.2. The number of rotatable bonds is 5. The Bertz CT molecular complexity index is 182. The predicted octanol–water partition coefficient (Wildman–Crippen LogP) is 1.17. The summed E-state index contributed by atoms with van der Waals surface area (Å²) >= 11 is 0. The molecule has 1 N–H and O–H groups in total. The van der Waals surface area contributed by atoms with Crippen LogP contribution in [0.25, 0.3) is 0 Å². The molecule has 0 aromatic heterocycles. The fourth-order valence-corrected chi connectivity index (χ4v) is 0.987. The van der Waals surface area contributed by atoms with E-state index in [1.54, 1.807) is 6.92 Å². The van der Waals surface area contributed by atoms with Crippen LogP contribution in [0.2, 0.25) is 0 Å². The Hall–Kier alpha value is -0.780. The van der Waals surface area contributed by atoms with Gasteiger partial charge in [-0.05, 0) is 6.92 Å². The quantitative estimate of drug-likeness (QED) is 0.744. The first-order valence-electron chi connectivity index (χ1n) is 4.36. The molecule has 0 unspecified atom stereocenters. The van der Waals surface area contributed by atoms with E-state index in [0.717, 1.165) is 0 Å². The van der Waals surface area contributed by atoms with Crippen molar-refractivity contribution in [3.05, 3.63) is 0 Å². The number of likely N-dealkylation sites (N-methyl/N-ethyl adjacent to an activating group) is 1. The number of nitrogens with zero attached hydrogens (tertiary/aromatic N) is 1. The number of aliphatic hydroxyl groups is 1. The zero-order chi connectivity index (χ0) is 11.2. The molecule has 0 aliphatic carbocycles. The van der Waals surface area contributed by atoms with Crippen molar-refractivity contribution in [3.63, 3.8) is 0 Å². The third-order valence-electron chi connectivity index (χ3n) is 1.73. The SMILES string of the molecule is CCN(CCO)C(=O)CCC(F)(F)F. The molecule has 0 aliphatic rings. The minimum Gasteiger partial charge on any atom is -0.395 e. The van der Waals surface area contributed by atoms with E-state index >= 15 is 0 Å². The van der Waals surface area contributed by atoms with Gasteiger partial charge in [0, 0.05) is 19.5 Å². The zero-order valence-corrected chi connectivity index (χ0v) is 7.97. The second kappa shape index (κ2) is 5.85. The van der Waals surface area contributed by atoms with Crippen LogP contribution >= 0.6 is 0 Å². The van der Waals surface area contributed by atoms with Gasteiger partial charge in [0.2, 0.25) is 5.91 Å². The zero-order valence-electron chi connectivity index (χ0n) is 7.97. The molecule has 0 spiro atoms. The molecule has 0 atom stereocenters. The Labute approximate surface area is 80.5 Å². The summed E-state index contributed by atoms with van der Waals surface area (Å²) in [7, 11) is 0. The average Bonchev–Trinajstić information content (AvgIpc) is 2.09. The van der Waals surface area contributed by atoms with Crippen LogP contribution in [0.1, 0.15) is 19.8 Å². The molecule has 84 valence electrons. The van der Waals surface area contributed by atoms with Crippen LogP contribution in [0.4, 0.5) is 13.2 Å². The molecule has 14 heavy (non-hydrogen) atoms. The van der Waals surface area contributed by atoms with Crippen LogP contribution in [0.15, 0.2) is 0 Å². The van der Waals surface area contributed by atoms with Crippen molar-refractivity contribution in [3.8, 4) is 0 Å². The van der Waals surface area contributed by atoms with Crippen molar-refractivity contribution in [2.24, 2.45) is 0 Å². The number of amides is 1. The number of carbonyl (C=O) groups excluding carboxylic acids is 1. The van der Waals surface area contributed by atoms with Gasteiger partial charge in [0.15, 0.2) is 0 Å². The maximum Gasteiger partial charge on any atom is 0.389 e. The lowest BCUT2D eigenvalue weighted by Crippen LogP contribution is -2.33. The van der Waals surface area contributed by atoms with Crippen LogP contribution in [0.3, 0.4) is 0 Å². The molecule has 0 heterocycles. The van der Waals surface area contributed by atoms with E-state index < -0.39 is 24.9 Å². The van der Waals surface area contributed by atoms with Crippen molar-refractivity contribution < 1.29 is 23.1 Å². The molecule has 0 aliphatic heterocycles. The average molecular weight is 213 g/mol. The summed E-state index contributed by atoms with van der Waals surface area (Å²) in [5.41, 5.74) is 0. The Morgan fingerprint density at radius 3 is 2.36 bits per heavy atom. The summed E-state index contributed by atoms with van der Waals surface area (Å²) in [6.45, 7) is 1.83. The highest BCUT2D eigenvalue weighted by molar-refractivity contribution is 5.76. The number of halogens is 3. The Morgan fingerprint density at radius 2 is 2.00 bits per heavy atom. The fraction of sp³-hybridized carbons (Fsp3) is 0.875. The van der Waals surface area contributed by atoms with E-state index in [9.17, 15) is 18.0 Å². The van der Waals surface area contributed by atoms with Crippen molar-refractivity contribution in [2.75, 3.05) is 19.7 Å². The van der Waals surface area contributed by atoms with E-state index in [0.29, 0.717) is 6.54 Å². The molecular formula is C8H14F3NO2. The first-order chi connectivity index (χ1) is 6.40. The third kappa shape index (κ3) is 5.80. The van der Waals surface area contributed by atoms with Crippen molar-refractivity contribution >= 4 is 5.91 Å². The number of hydrogen-bond acceptors (Lipinski definition) is 2. The maximum absolute atomic E-state index is 11.7. The van der Waals surface area contributed by atoms with Gasteiger partial charge in [-0.3, -0.25) is 4.79 Å². The molecule has 0 radical (unpaired) electrons. The van der Waals surface area contributed by atoms with Gasteiger partial charge in [-0.15, -0.1) is 0 Å². The van der Waals surface area contributed by atoms with Crippen LogP contribution in [-0.2, 0) is 4.79 Å². The van der Waals surface area contributed by atoms with E-state index in [1.807, 2.05) is 0 Å². The lowest BCUT2D eigenvalue weighted by molar-refractivity contribution is -0.149. The molecule has 0 bridgehead atoms. The normalized spacial score (nSPS) is 11.5. The number of aliphatic hydroxyl groups excluding tert-OH is 1. The van der Waals surface area contributed by atoms with Gasteiger partial charge in [-0.2, -0.15) is 13.2 Å². The van der Waals surface area contributed by atoms with E-state index in [1.165, 1.54) is 4.90 Å². The fourth-order valence-electron chi connectivity index (χ4n) is 0.987. The number of carbonyl (C=O) groups is 1. The summed E-state index contributed by atoms with van der Waals surface area (Å²) < 4.78 is 35.2.